The van der Waals surface area contributed by atoms with Crippen LogP contribution in [0.3, 0.4) is 0 Å². The smallest absolute Gasteiger partial charge is 0.258 e. The summed E-state index contributed by atoms with van der Waals surface area (Å²) >= 11 is 3.35. The summed E-state index contributed by atoms with van der Waals surface area (Å²) in [6, 6.07) is 13.8. The van der Waals surface area contributed by atoms with Crippen molar-refractivity contribution in [2.75, 3.05) is 0 Å². The van der Waals surface area contributed by atoms with E-state index in [1.165, 1.54) is 12.1 Å². The van der Waals surface area contributed by atoms with E-state index in [2.05, 4.69) is 26.1 Å². The van der Waals surface area contributed by atoms with Crippen LogP contribution in [-0.4, -0.2) is 17.4 Å². The first-order chi connectivity index (χ1) is 9.65. The van der Waals surface area contributed by atoms with Crippen LogP contribution in [0.25, 0.3) is 0 Å². The zero-order chi connectivity index (χ0) is 14.4. The standard InChI is InChI=1S/C14H10BrN3O2/c15-13-5-1-11(2-6-13)9-16-17-10-12-3-7-14(8-4-12)18(19)20/h1-10H. The van der Waals surface area contributed by atoms with Gasteiger partial charge in [0.1, 0.15) is 0 Å². The average molecular weight is 332 g/mol. The molecule has 0 amide bonds. The number of hydrogen-bond donors (Lipinski definition) is 0. The molecule has 2 rings (SSSR count). The van der Waals surface area contributed by atoms with Gasteiger partial charge >= 0.3 is 0 Å². The molecular weight excluding hydrogens is 322 g/mol. The highest BCUT2D eigenvalue weighted by atomic mass is 79.9. The first-order valence-corrected chi connectivity index (χ1v) is 6.51. The predicted molar refractivity (Wildman–Crippen MR) is 82.4 cm³/mol. The van der Waals surface area contributed by atoms with Gasteiger partial charge in [0.05, 0.1) is 17.4 Å². The summed E-state index contributed by atoms with van der Waals surface area (Å²) in [5.41, 5.74) is 1.75. The van der Waals surface area contributed by atoms with Crippen molar-refractivity contribution in [1.29, 1.82) is 0 Å². The molecule has 0 saturated heterocycles. The zero-order valence-corrected chi connectivity index (χ0v) is 11.9. The fraction of sp³-hybridized carbons (Fsp3) is 0. The van der Waals surface area contributed by atoms with Gasteiger partial charge in [-0.15, -0.1) is 0 Å². The van der Waals surface area contributed by atoms with Gasteiger partial charge in [0.15, 0.2) is 0 Å². The van der Waals surface area contributed by atoms with Gasteiger partial charge in [0.25, 0.3) is 5.69 Å². The van der Waals surface area contributed by atoms with Crippen molar-refractivity contribution in [1.82, 2.24) is 0 Å². The molecule has 5 nitrogen and oxygen atoms in total. The van der Waals surface area contributed by atoms with Crippen molar-refractivity contribution in [3.63, 3.8) is 0 Å². The fourth-order valence-corrected chi connectivity index (χ4v) is 1.70. The van der Waals surface area contributed by atoms with Crippen LogP contribution >= 0.6 is 15.9 Å². The van der Waals surface area contributed by atoms with E-state index in [9.17, 15) is 10.1 Å². The molecule has 0 bridgehead atoms. The number of nitrogens with zero attached hydrogens (tertiary/aromatic N) is 3. The number of non-ortho nitro benzene ring substituents is 1. The molecule has 100 valence electrons. The molecule has 2 aromatic rings. The van der Waals surface area contributed by atoms with Crippen LogP contribution in [0.2, 0.25) is 0 Å². The minimum Gasteiger partial charge on any atom is -0.258 e. The van der Waals surface area contributed by atoms with E-state index >= 15 is 0 Å². The topological polar surface area (TPSA) is 67.9 Å². The average Bonchev–Trinajstić information content (AvgIpc) is 2.46. The number of benzene rings is 2. The van der Waals surface area contributed by atoms with Gasteiger partial charge in [-0.2, -0.15) is 10.2 Å². The molecule has 0 N–H and O–H groups in total. The monoisotopic (exact) mass is 331 g/mol. The Balaban J connectivity index is 1.99. The van der Waals surface area contributed by atoms with E-state index in [0.29, 0.717) is 0 Å². The Morgan fingerprint density at radius 1 is 0.900 bits per heavy atom. The van der Waals surface area contributed by atoms with Crippen molar-refractivity contribution in [3.05, 3.63) is 74.2 Å². The Hall–Kier alpha value is -2.34. The molecule has 20 heavy (non-hydrogen) atoms. The van der Waals surface area contributed by atoms with Gasteiger partial charge in [-0.3, -0.25) is 10.1 Å². The van der Waals surface area contributed by atoms with Crippen molar-refractivity contribution < 1.29 is 4.92 Å². The lowest BCUT2D eigenvalue weighted by atomic mass is 10.2. The van der Waals surface area contributed by atoms with Crippen LogP contribution in [-0.2, 0) is 0 Å². The van der Waals surface area contributed by atoms with Gasteiger partial charge in [-0.25, -0.2) is 0 Å². The molecule has 0 aliphatic carbocycles. The third kappa shape index (κ3) is 4.10. The number of halogens is 1. The van der Waals surface area contributed by atoms with E-state index in [1.54, 1.807) is 24.6 Å². The molecule has 0 aliphatic rings. The van der Waals surface area contributed by atoms with E-state index in [-0.39, 0.29) is 5.69 Å². The quantitative estimate of drug-likeness (QED) is 0.485. The SMILES string of the molecule is O=[N+]([O-])c1ccc(C=NN=Cc2ccc(Br)cc2)cc1. The largest absolute Gasteiger partial charge is 0.269 e. The highest BCUT2D eigenvalue weighted by Crippen LogP contribution is 2.11. The molecule has 0 heterocycles. The Labute approximate surface area is 123 Å². The molecule has 0 atom stereocenters. The van der Waals surface area contributed by atoms with Crippen LogP contribution in [0.5, 0.6) is 0 Å². The van der Waals surface area contributed by atoms with E-state index in [0.717, 1.165) is 15.6 Å². The van der Waals surface area contributed by atoms with Gasteiger partial charge in [0, 0.05) is 16.6 Å². The maximum Gasteiger partial charge on any atom is 0.269 e. The Morgan fingerprint density at radius 2 is 1.35 bits per heavy atom. The summed E-state index contributed by atoms with van der Waals surface area (Å²) in [6.45, 7) is 0. The summed E-state index contributed by atoms with van der Waals surface area (Å²) in [5, 5.41) is 18.3. The highest BCUT2D eigenvalue weighted by molar-refractivity contribution is 9.10. The van der Waals surface area contributed by atoms with Crippen LogP contribution < -0.4 is 0 Å². The molecule has 0 unspecified atom stereocenters. The number of hydrogen-bond acceptors (Lipinski definition) is 4. The number of rotatable bonds is 4. The first kappa shape index (κ1) is 14.1. The van der Waals surface area contributed by atoms with E-state index in [1.807, 2.05) is 24.3 Å². The number of nitro groups is 1. The molecular formula is C14H10BrN3O2. The van der Waals surface area contributed by atoms with Gasteiger partial charge in [-0.05, 0) is 35.4 Å². The Morgan fingerprint density at radius 3 is 1.80 bits per heavy atom. The Kier molecular flexibility index (Phi) is 4.73. The van der Waals surface area contributed by atoms with Crippen molar-refractivity contribution in [2.45, 2.75) is 0 Å². The molecule has 0 fully saturated rings. The van der Waals surface area contributed by atoms with Gasteiger partial charge in [0.2, 0.25) is 0 Å². The van der Waals surface area contributed by atoms with Gasteiger partial charge < -0.3 is 0 Å². The third-order valence-electron chi connectivity index (χ3n) is 2.45. The molecule has 0 spiro atoms. The minimum absolute atomic E-state index is 0.0560. The van der Waals surface area contributed by atoms with Crippen LogP contribution in [0, 0.1) is 10.1 Å². The fourth-order valence-electron chi connectivity index (χ4n) is 1.43. The zero-order valence-electron chi connectivity index (χ0n) is 10.3. The lowest BCUT2D eigenvalue weighted by Gasteiger charge is -1.92. The third-order valence-corrected chi connectivity index (χ3v) is 2.98. The maximum atomic E-state index is 10.5. The molecule has 0 aromatic heterocycles. The minimum atomic E-state index is -0.438. The molecule has 2 aromatic carbocycles. The normalized spacial score (nSPS) is 11.2. The second kappa shape index (κ2) is 6.72. The molecule has 0 saturated carbocycles. The second-order valence-electron chi connectivity index (χ2n) is 3.89. The van der Waals surface area contributed by atoms with E-state index in [4.69, 9.17) is 0 Å². The number of nitro benzene ring substituents is 1. The second-order valence-corrected chi connectivity index (χ2v) is 4.81. The summed E-state index contributed by atoms with van der Waals surface area (Å²) < 4.78 is 1.00. The summed E-state index contributed by atoms with van der Waals surface area (Å²) in [5.74, 6) is 0. The summed E-state index contributed by atoms with van der Waals surface area (Å²) in [4.78, 5) is 10.1. The van der Waals surface area contributed by atoms with Gasteiger partial charge in [-0.1, -0.05) is 28.1 Å². The molecule has 0 aliphatic heterocycles. The lowest BCUT2D eigenvalue weighted by Crippen LogP contribution is -1.88. The highest BCUT2D eigenvalue weighted by Gasteiger charge is 2.02. The predicted octanol–water partition coefficient (Wildman–Crippen LogP) is 3.81. The Bertz CT molecular complexity index is 649. The molecule has 0 radical (unpaired) electrons. The summed E-state index contributed by atoms with van der Waals surface area (Å²) in [6.07, 6.45) is 3.17. The molecule has 6 heteroatoms. The van der Waals surface area contributed by atoms with Crippen LogP contribution in [0.1, 0.15) is 11.1 Å². The van der Waals surface area contributed by atoms with Crippen LogP contribution in [0.4, 0.5) is 5.69 Å². The lowest BCUT2D eigenvalue weighted by molar-refractivity contribution is -0.384. The maximum absolute atomic E-state index is 10.5. The van der Waals surface area contributed by atoms with E-state index < -0.39 is 4.92 Å². The van der Waals surface area contributed by atoms with Crippen molar-refractivity contribution >= 4 is 34.0 Å². The summed E-state index contributed by atoms with van der Waals surface area (Å²) in [7, 11) is 0. The van der Waals surface area contributed by atoms with Crippen molar-refractivity contribution in [2.24, 2.45) is 10.2 Å². The van der Waals surface area contributed by atoms with Crippen LogP contribution in [0.15, 0.2) is 63.2 Å². The van der Waals surface area contributed by atoms with Crippen molar-refractivity contribution in [3.8, 4) is 0 Å². The first-order valence-electron chi connectivity index (χ1n) is 5.71.